The first kappa shape index (κ1) is 12.4. The Balaban J connectivity index is 1.96. The molecule has 2 aromatic heterocycles. The van der Waals surface area contributed by atoms with Gasteiger partial charge in [0.05, 0.1) is 0 Å². The second-order valence-corrected chi connectivity index (χ2v) is 5.66. The fourth-order valence-corrected chi connectivity index (χ4v) is 3.02. The van der Waals surface area contributed by atoms with E-state index in [0.29, 0.717) is 5.16 Å². The molecule has 0 spiro atoms. The molecular weight excluding hydrogens is 262 g/mol. The Morgan fingerprint density at radius 3 is 3.05 bits per heavy atom. The van der Waals surface area contributed by atoms with E-state index in [-0.39, 0.29) is 17.8 Å². The van der Waals surface area contributed by atoms with E-state index < -0.39 is 0 Å². The topological polar surface area (TPSA) is 89.6 Å². The molecule has 7 heteroatoms. The number of aromatic amines is 1. The average Bonchev–Trinajstić information content (AvgIpc) is 3.15. The molecule has 1 aliphatic rings. The molecule has 1 aliphatic carbocycles. The number of nitrogens with one attached hydrogen (secondary N) is 1. The Morgan fingerprint density at radius 2 is 2.37 bits per heavy atom. The number of aromatic nitrogens is 4. The molecule has 0 aliphatic heterocycles. The van der Waals surface area contributed by atoms with Crippen molar-refractivity contribution in [3.63, 3.8) is 0 Å². The third-order valence-corrected chi connectivity index (χ3v) is 4.07. The van der Waals surface area contributed by atoms with E-state index in [4.69, 9.17) is 5.73 Å². The molecule has 1 unspecified atom stereocenters. The van der Waals surface area contributed by atoms with E-state index in [9.17, 15) is 4.79 Å². The molecule has 0 saturated heterocycles. The minimum absolute atomic E-state index is 0.101. The molecule has 1 saturated carbocycles. The van der Waals surface area contributed by atoms with E-state index in [1.807, 2.05) is 19.1 Å². The summed E-state index contributed by atoms with van der Waals surface area (Å²) in [6.07, 6.45) is 3.80. The molecule has 100 valence electrons. The highest BCUT2D eigenvalue weighted by Crippen LogP contribution is 2.38. The van der Waals surface area contributed by atoms with Gasteiger partial charge in [-0.05, 0) is 37.6 Å². The zero-order valence-electron chi connectivity index (χ0n) is 10.5. The predicted molar refractivity (Wildman–Crippen MR) is 72.1 cm³/mol. The number of H-pyrrole nitrogens is 1. The molecule has 0 radical (unpaired) electrons. The minimum atomic E-state index is -0.150. The van der Waals surface area contributed by atoms with Crippen molar-refractivity contribution < 1.29 is 0 Å². The second kappa shape index (κ2) is 4.82. The van der Waals surface area contributed by atoms with Gasteiger partial charge in [-0.1, -0.05) is 6.07 Å². The standard InChI is InChI=1S/C12H15N5OS/c1-7(13)9-3-2-6-14-10(9)19-12-16-15-11(18)17(12)8-4-5-8/h2-3,6-8H,4-5,13H2,1H3,(H,15,18). The molecule has 3 N–H and O–H groups in total. The van der Waals surface area contributed by atoms with Crippen LogP contribution in [0.3, 0.4) is 0 Å². The lowest BCUT2D eigenvalue weighted by molar-refractivity contribution is 0.641. The minimum Gasteiger partial charge on any atom is -0.324 e. The van der Waals surface area contributed by atoms with Crippen LogP contribution in [-0.2, 0) is 0 Å². The van der Waals surface area contributed by atoms with Gasteiger partial charge in [0.15, 0.2) is 5.16 Å². The first-order chi connectivity index (χ1) is 9.16. The summed E-state index contributed by atoms with van der Waals surface area (Å²) < 4.78 is 1.71. The van der Waals surface area contributed by atoms with E-state index in [2.05, 4.69) is 15.2 Å². The number of pyridine rings is 1. The van der Waals surface area contributed by atoms with Crippen LogP contribution >= 0.6 is 11.8 Å². The van der Waals surface area contributed by atoms with Crippen molar-refractivity contribution in [2.24, 2.45) is 5.73 Å². The van der Waals surface area contributed by atoms with Crippen molar-refractivity contribution in [3.8, 4) is 0 Å². The lowest BCUT2D eigenvalue weighted by Crippen LogP contribution is -2.16. The van der Waals surface area contributed by atoms with Gasteiger partial charge >= 0.3 is 5.69 Å². The van der Waals surface area contributed by atoms with Crippen molar-refractivity contribution in [3.05, 3.63) is 34.4 Å². The maximum atomic E-state index is 11.7. The van der Waals surface area contributed by atoms with Crippen LogP contribution < -0.4 is 11.4 Å². The fraction of sp³-hybridized carbons (Fsp3) is 0.417. The maximum absolute atomic E-state index is 11.7. The SMILES string of the molecule is CC(N)c1cccnc1Sc1n[nH]c(=O)n1C1CC1. The van der Waals surface area contributed by atoms with Crippen molar-refractivity contribution in [1.29, 1.82) is 0 Å². The molecule has 1 atom stereocenters. The summed E-state index contributed by atoms with van der Waals surface area (Å²) in [7, 11) is 0. The quantitative estimate of drug-likeness (QED) is 0.883. The zero-order chi connectivity index (χ0) is 13.4. The van der Waals surface area contributed by atoms with Crippen molar-refractivity contribution >= 4 is 11.8 Å². The summed E-state index contributed by atoms with van der Waals surface area (Å²) in [4.78, 5) is 16.1. The van der Waals surface area contributed by atoms with Gasteiger partial charge in [0, 0.05) is 23.8 Å². The number of hydrogen-bond donors (Lipinski definition) is 2. The number of hydrogen-bond acceptors (Lipinski definition) is 5. The number of rotatable bonds is 4. The molecular formula is C12H15N5OS. The highest BCUT2D eigenvalue weighted by molar-refractivity contribution is 7.99. The highest BCUT2D eigenvalue weighted by Gasteiger charge is 2.29. The van der Waals surface area contributed by atoms with Crippen LogP contribution in [0.5, 0.6) is 0 Å². The van der Waals surface area contributed by atoms with Crippen LogP contribution in [0.15, 0.2) is 33.3 Å². The summed E-state index contributed by atoms with van der Waals surface area (Å²) in [5.41, 5.74) is 6.75. The highest BCUT2D eigenvalue weighted by atomic mass is 32.2. The zero-order valence-corrected chi connectivity index (χ0v) is 11.4. The molecule has 1 fully saturated rings. The van der Waals surface area contributed by atoms with Crippen molar-refractivity contribution in [2.75, 3.05) is 0 Å². The normalized spacial score (nSPS) is 16.5. The third kappa shape index (κ3) is 2.43. The Morgan fingerprint density at radius 1 is 1.58 bits per heavy atom. The van der Waals surface area contributed by atoms with Crippen molar-refractivity contribution in [2.45, 2.75) is 42.0 Å². The van der Waals surface area contributed by atoms with Gasteiger partial charge < -0.3 is 5.73 Å². The van der Waals surface area contributed by atoms with E-state index in [0.717, 1.165) is 23.4 Å². The first-order valence-corrected chi connectivity index (χ1v) is 7.03. The van der Waals surface area contributed by atoms with Crippen molar-refractivity contribution in [1.82, 2.24) is 19.7 Å². The smallest absolute Gasteiger partial charge is 0.324 e. The molecule has 3 rings (SSSR count). The van der Waals surface area contributed by atoms with Gasteiger partial charge in [0.2, 0.25) is 0 Å². The third-order valence-electron chi connectivity index (χ3n) is 3.06. The second-order valence-electron chi connectivity index (χ2n) is 4.70. The largest absolute Gasteiger partial charge is 0.344 e. The van der Waals surface area contributed by atoms with E-state index in [1.165, 1.54) is 11.8 Å². The lowest BCUT2D eigenvalue weighted by atomic mass is 10.2. The Hall–Kier alpha value is -1.60. The van der Waals surface area contributed by atoms with Crippen LogP contribution in [0.4, 0.5) is 0 Å². The van der Waals surface area contributed by atoms with Crippen LogP contribution in [-0.4, -0.2) is 19.7 Å². The number of nitrogens with zero attached hydrogens (tertiary/aromatic N) is 3. The summed E-state index contributed by atoms with van der Waals surface area (Å²) in [5.74, 6) is 0. The average molecular weight is 277 g/mol. The monoisotopic (exact) mass is 277 g/mol. The van der Waals surface area contributed by atoms with E-state index >= 15 is 0 Å². The van der Waals surface area contributed by atoms with Crippen LogP contribution in [0.1, 0.15) is 37.4 Å². The van der Waals surface area contributed by atoms with Crippen LogP contribution in [0, 0.1) is 0 Å². The molecule has 0 amide bonds. The lowest BCUT2D eigenvalue weighted by Gasteiger charge is -2.10. The van der Waals surface area contributed by atoms with Gasteiger partial charge in [-0.25, -0.2) is 14.9 Å². The van der Waals surface area contributed by atoms with Gasteiger partial charge in [0.1, 0.15) is 5.03 Å². The van der Waals surface area contributed by atoms with Gasteiger partial charge in [-0.15, -0.1) is 5.10 Å². The first-order valence-electron chi connectivity index (χ1n) is 6.22. The Kier molecular flexibility index (Phi) is 3.16. The predicted octanol–water partition coefficient (Wildman–Crippen LogP) is 1.47. The van der Waals surface area contributed by atoms with Gasteiger partial charge in [-0.2, -0.15) is 0 Å². The molecule has 0 aromatic carbocycles. The Bertz CT molecular complexity index is 644. The molecule has 0 bridgehead atoms. The molecule has 19 heavy (non-hydrogen) atoms. The molecule has 6 nitrogen and oxygen atoms in total. The van der Waals surface area contributed by atoms with Crippen LogP contribution in [0.2, 0.25) is 0 Å². The summed E-state index contributed by atoms with van der Waals surface area (Å²) >= 11 is 1.39. The Labute approximate surface area is 114 Å². The summed E-state index contributed by atoms with van der Waals surface area (Å²) in [5, 5.41) is 8.05. The molecule has 2 aromatic rings. The molecule has 2 heterocycles. The van der Waals surface area contributed by atoms with Gasteiger partial charge in [0.25, 0.3) is 0 Å². The van der Waals surface area contributed by atoms with Gasteiger partial charge in [-0.3, -0.25) is 4.57 Å². The maximum Gasteiger partial charge on any atom is 0.344 e. The van der Waals surface area contributed by atoms with Crippen LogP contribution in [0.25, 0.3) is 0 Å². The summed E-state index contributed by atoms with van der Waals surface area (Å²) in [6, 6.07) is 4.00. The van der Waals surface area contributed by atoms with E-state index in [1.54, 1.807) is 10.8 Å². The number of nitrogens with two attached hydrogens (primary N) is 1. The fourth-order valence-electron chi connectivity index (χ4n) is 1.94. The summed E-state index contributed by atoms with van der Waals surface area (Å²) in [6.45, 7) is 1.92.